The van der Waals surface area contributed by atoms with Crippen LogP contribution in [0.4, 0.5) is 22.0 Å². The van der Waals surface area contributed by atoms with E-state index in [9.17, 15) is 22.0 Å². The summed E-state index contributed by atoms with van der Waals surface area (Å²) in [7, 11) is 0. The fourth-order valence-corrected chi connectivity index (χ4v) is 1.70. The Hall–Kier alpha value is -2.55. The molecule has 0 unspecified atom stereocenters. The monoisotopic (exact) mass is 326 g/mol. The average Bonchev–Trinajstić information content (AvgIpc) is 2.57. The molecule has 0 atom stereocenters. The predicted molar refractivity (Wildman–Crippen MR) is 74.4 cm³/mol. The third-order valence-corrected chi connectivity index (χ3v) is 2.87. The number of hydrogen-bond donors (Lipinski definition) is 0. The van der Waals surface area contributed by atoms with Crippen molar-refractivity contribution in [1.29, 1.82) is 0 Å². The Morgan fingerprint density at radius 3 is 1.83 bits per heavy atom. The van der Waals surface area contributed by atoms with Gasteiger partial charge in [0, 0.05) is 5.56 Å². The SMILES string of the molecule is CCCOc1ccc(C#Cc2c(F)c(F)c(F)c(F)c2F)cc1. The molecule has 0 saturated carbocycles. The molecular weight excluding hydrogens is 315 g/mol. The Bertz CT molecular complexity index is 743. The summed E-state index contributed by atoms with van der Waals surface area (Å²) in [6.07, 6.45) is 0.835. The molecule has 0 bridgehead atoms. The Balaban J connectivity index is 2.32. The van der Waals surface area contributed by atoms with Gasteiger partial charge in [-0.05, 0) is 30.7 Å². The molecule has 0 saturated heterocycles. The first-order valence-corrected chi connectivity index (χ1v) is 6.72. The second-order valence-corrected chi connectivity index (χ2v) is 4.57. The van der Waals surface area contributed by atoms with E-state index in [4.69, 9.17) is 4.74 Å². The van der Waals surface area contributed by atoms with Gasteiger partial charge < -0.3 is 4.74 Å². The standard InChI is InChI=1S/C17H11F5O/c1-2-9-23-11-6-3-10(4-7-11)5-8-12-13(18)15(20)17(22)16(21)14(12)19/h3-4,6-7H,2,9H2,1H3. The lowest BCUT2D eigenvalue weighted by Gasteiger charge is -2.03. The summed E-state index contributed by atoms with van der Waals surface area (Å²) < 4.78 is 71.3. The summed E-state index contributed by atoms with van der Waals surface area (Å²) in [6.45, 7) is 2.49. The van der Waals surface area contributed by atoms with Crippen LogP contribution >= 0.6 is 0 Å². The molecule has 2 aromatic rings. The van der Waals surface area contributed by atoms with Crippen LogP contribution in [-0.4, -0.2) is 6.61 Å². The zero-order valence-corrected chi connectivity index (χ0v) is 12.0. The van der Waals surface area contributed by atoms with Crippen LogP contribution in [0.5, 0.6) is 5.75 Å². The van der Waals surface area contributed by atoms with Crippen molar-refractivity contribution in [2.24, 2.45) is 0 Å². The minimum atomic E-state index is -2.21. The summed E-state index contributed by atoms with van der Waals surface area (Å²) in [4.78, 5) is 0. The molecule has 0 aliphatic heterocycles. The maximum absolute atomic E-state index is 13.5. The van der Waals surface area contributed by atoms with Crippen molar-refractivity contribution in [3.8, 4) is 17.6 Å². The average molecular weight is 326 g/mol. The van der Waals surface area contributed by atoms with E-state index in [-0.39, 0.29) is 0 Å². The first-order valence-electron chi connectivity index (χ1n) is 6.72. The van der Waals surface area contributed by atoms with E-state index in [1.54, 1.807) is 12.1 Å². The lowest BCUT2D eigenvalue weighted by atomic mass is 10.1. The zero-order valence-electron chi connectivity index (χ0n) is 12.0. The quantitative estimate of drug-likeness (QED) is 0.347. The van der Waals surface area contributed by atoms with Crippen LogP contribution in [0.3, 0.4) is 0 Å². The van der Waals surface area contributed by atoms with Crippen molar-refractivity contribution in [1.82, 2.24) is 0 Å². The van der Waals surface area contributed by atoms with Crippen molar-refractivity contribution in [2.75, 3.05) is 6.61 Å². The van der Waals surface area contributed by atoms with Crippen LogP contribution in [0.25, 0.3) is 0 Å². The molecule has 1 nitrogen and oxygen atoms in total. The molecular formula is C17H11F5O. The second-order valence-electron chi connectivity index (χ2n) is 4.57. The Morgan fingerprint density at radius 2 is 1.30 bits per heavy atom. The molecule has 0 aliphatic carbocycles. The van der Waals surface area contributed by atoms with Gasteiger partial charge in [-0.3, -0.25) is 0 Å². The normalized spacial score (nSPS) is 10.2. The summed E-state index contributed by atoms with van der Waals surface area (Å²) in [5.41, 5.74) is -0.814. The van der Waals surface area contributed by atoms with E-state index in [0.29, 0.717) is 17.9 Å². The highest BCUT2D eigenvalue weighted by Gasteiger charge is 2.24. The van der Waals surface area contributed by atoms with Gasteiger partial charge in [0.15, 0.2) is 23.3 Å². The summed E-state index contributed by atoms with van der Waals surface area (Å²) >= 11 is 0. The van der Waals surface area contributed by atoms with Crippen LogP contribution in [-0.2, 0) is 0 Å². The Kier molecular flexibility index (Phi) is 5.22. The van der Waals surface area contributed by atoms with E-state index < -0.39 is 34.6 Å². The molecule has 6 heteroatoms. The van der Waals surface area contributed by atoms with Crippen LogP contribution < -0.4 is 4.74 Å². The predicted octanol–water partition coefficient (Wildman–Crippen LogP) is 4.57. The fourth-order valence-electron chi connectivity index (χ4n) is 1.70. The van der Waals surface area contributed by atoms with Gasteiger partial charge in [0.2, 0.25) is 5.82 Å². The molecule has 0 aromatic heterocycles. The molecule has 0 aliphatic rings. The first-order chi connectivity index (χ1) is 11.0. The van der Waals surface area contributed by atoms with Gasteiger partial charge in [-0.2, -0.15) is 0 Å². The number of rotatable bonds is 3. The maximum Gasteiger partial charge on any atom is 0.200 e. The van der Waals surface area contributed by atoms with Crippen molar-refractivity contribution >= 4 is 0 Å². The van der Waals surface area contributed by atoms with Crippen LogP contribution in [0.2, 0.25) is 0 Å². The molecule has 2 aromatic carbocycles. The summed E-state index contributed by atoms with van der Waals surface area (Å²) in [6, 6.07) is 6.23. The van der Waals surface area contributed by atoms with E-state index in [0.717, 1.165) is 6.42 Å². The maximum atomic E-state index is 13.5. The Labute approximate surface area is 129 Å². The molecule has 0 heterocycles. The number of ether oxygens (including phenoxy) is 1. The molecule has 23 heavy (non-hydrogen) atoms. The summed E-state index contributed by atoms with van der Waals surface area (Å²) in [5, 5.41) is 0. The van der Waals surface area contributed by atoms with Gasteiger partial charge in [0.05, 0.1) is 6.61 Å². The van der Waals surface area contributed by atoms with Crippen molar-refractivity contribution in [2.45, 2.75) is 13.3 Å². The van der Waals surface area contributed by atoms with Gasteiger partial charge in [-0.15, -0.1) is 0 Å². The highest BCUT2D eigenvalue weighted by Crippen LogP contribution is 2.22. The first kappa shape index (κ1) is 16.8. The van der Waals surface area contributed by atoms with Crippen molar-refractivity contribution < 1.29 is 26.7 Å². The van der Waals surface area contributed by atoms with Gasteiger partial charge in [-0.1, -0.05) is 18.8 Å². The minimum Gasteiger partial charge on any atom is -0.494 e. The van der Waals surface area contributed by atoms with E-state index in [1.165, 1.54) is 12.1 Å². The molecule has 0 fully saturated rings. The summed E-state index contributed by atoms with van der Waals surface area (Å²) in [5.74, 6) is -5.20. The van der Waals surface area contributed by atoms with E-state index in [1.807, 2.05) is 12.8 Å². The lowest BCUT2D eigenvalue weighted by Crippen LogP contribution is -2.04. The molecule has 0 radical (unpaired) electrons. The molecule has 0 N–H and O–H groups in total. The minimum absolute atomic E-state index is 0.345. The largest absolute Gasteiger partial charge is 0.494 e. The fraction of sp³-hybridized carbons (Fsp3) is 0.176. The van der Waals surface area contributed by atoms with Crippen LogP contribution in [0.1, 0.15) is 24.5 Å². The van der Waals surface area contributed by atoms with E-state index >= 15 is 0 Å². The van der Waals surface area contributed by atoms with Crippen LogP contribution in [0, 0.1) is 40.9 Å². The number of hydrogen-bond acceptors (Lipinski definition) is 1. The zero-order chi connectivity index (χ0) is 17.0. The van der Waals surface area contributed by atoms with Gasteiger partial charge in [0.25, 0.3) is 0 Å². The van der Waals surface area contributed by atoms with Crippen molar-refractivity contribution in [3.63, 3.8) is 0 Å². The lowest BCUT2D eigenvalue weighted by molar-refractivity contribution is 0.317. The second kappa shape index (κ2) is 7.14. The number of halogens is 5. The molecule has 120 valence electrons. The van der Waals surface area contributed by atoms with Gasteiger partial charge >= 0.3 is 0 Å². The van der Waals surface area contributed by atoms with Crippen LogP contribution in [0.15, 0.2) is 24.3 Å². The highest BCUT2D eigenvalue weighted by molar-refractivity contribution is 5.46. The smallest absolute Gasteiger partial charge is 0.200 e. The van der Waals surface area contributed by atoms with E-state index in [2.05, 4.69) is 5.92 Å². The molecule has 0 spiro atoms. The van der Waals surface area contributed by atoms with Gasteiger partial charge in [-0.25, -0.2) is 22.0 Å². The van der Waals surface area contributed by atoms with Gasteiger partial charge in [0.1, 0.15) is 11.3 Å². The third kappa shape index (κ3) is 3.62. The Morgan fingerprint density at radius 1 is 0.783 bits per heavy atom. The molecule has 0 amide bonds. The number of benzene rings is 2. The van der Waals surface area contributed by atoms with Crippen molar-refractivity contribution in [3.05, 3.63) is 64.5 Å². The molecule has 2 rings (SSSR count). The topological polar surface area (TPSA) is 9.23 Å². The highest BCUT2D eigenvalue weighted by atomic mass is 19.2. The third-order valence-electron chi connectivity index (χ3n) is 2.87.